The normalized spacial score (nSPS) is 18.5. The van der Waals surface area contributed by atoms with Crippen molar-refractivity contribution in [2.24, 2.45) is 5.73 Å². The van der Waals surface area contributed by atoms with Gasteiger partial charge in [-0.15, -0.1) is 12.4 Å². The number of carbonyl (C=O) groups is 1. The Morgan fingerprint density at radius 2 is 1.95 bits per heavy atom. The van der Waals surface area contributed by atoms with Crippen LogP contribution in [0.2, 0.25) is 5.02 Å². The first kappa shape index (κ1) is 16.3. The number of carbonyl (C=O) groups excluding carboxylic acids is 1. The summed E-state index contributed by atoms with van der Waals surface area (Å²) in [6.45, 7) is 1.93. The highest BCUT2D eigenvalue weighted by Gasteiger charge is 2.37. The maximum atomic E-state index is 12.2. The van der Waals surface area contributed by atoms with Crippen molar-refractivity contribution in [3.63, 3.8) is 0 Å². The maximum absolute atomic E-state index is 12.2. The van der Waals surface area contributed by atoms with Crippen molar-refractivity contribution in [3.05, 3.63) is 34.9 Å². The largest absolute Gasteiger partial charge is 0.348 e. The monoisotopic (exact) mass is 302 g/mol. The van der Waals surface area contributed by atoms with Gasteiger partial charge in [-0.1, -0.05) is 42.6 Å². The van der Waals surface area contributed by atoms with Crippen LogP contribution in [-0.2, 0) is 4.79 Å². The average molecular weight is 303 g/mol. The summed E-state index contributed by atoms with van der Waals surface area (Å²) in [5.41, 5.74) is 6.36. The third-order valence-electron chi connectivity index (χ3n) is 3.67. The van der Waals surface area contributed by atoms with Crippen molar-refractivity contribution < 1.29 is 4.79 Å². The fourth-order valence-electron chi connectivity index (χ4n) is 2.48. The Balaban J connectivity index is 0.00000180. The predicted octanol–water partition coefficient (Wildman–Crippen LogP) is 3.21. The van der Waals surface area contributed by atoms with Crippen LogP contribution in [0.25, 0.3) is 0 Å². The Morgan fingerprint density at radius 3 is 2.53 bits per heavy atom. The summed E-state index contributed by atoms with van der Waals surface area (Å²) in [6.07, 6.45) is 3.61. The molecule has 5 heteroatoms. The van der Waals surface area contributed by atoms with Crippen molar-refractivity contribution >= 4 is 29.9 Å². The van der Waals surface area contributed by atoms with Gasteiger partial charge in [0.15, 0.2) is 0 Å². The van der Waals surface area contributed by atoms with E-state index in [2.05, 4.69) is 5.32 Å². The molecule has 0 spiro atoms. The van der Waals surface area contributed by atoms with Crippen LogP contribution in [-0.4, -0.2) is 11.4 Å². The van der Waals surface area contributed by atoms with Crippen molar-refractivity contribution in [2.75, 3.05) is 0 Å². The van der Waals surface area contributed by atoms with Gasteiger partial charge < -0.3 is 11.1 Å². The SMILES string of the molecule is CC(NC(=O)C1(N)CCCC1)c1ccccc1Cl.Cl. The average Bonchev–Trinajstić information content (AvgIpc) is 2.78. The zero-order valence-electron chi connectivity index (χ0n) is 11.0. The molecule has 0 aromatic heterocycles. The van der Waals surface area contributed by atoms with Crippen molar-refractivity contribution in [1.82, 2.24) is 5.32 Å². The highest BCUT2D eigenvalue weighted by atomic mass is 35.5. The van der Waals surface area contributed by atoms with E-state index in [4.69, 9.17) is 17.3 Å². The topological polar surface area (TPSA) is 55.1 Å². The van der Waals surface area contributed by atoms with Gasteiger partial charge in [0.05, 0.1) is 11.6 Å². The molecule has 0 aliphatic heterocycles. The lowest BCUT2D eigenvalue weighted by Gasteiger charge is -2.25. The van der Waals surface area contributed by atoms with E-state index in [0.29, 0.717) is 5.02 Å². The predicted molar refractivity (Wildman–Crippen MR) is 80.6 cm³/mol. The molecule has 1 aliphatic carbocycles. The van der Waals surface area contributed by atoms with Crippen LogP contribution in [0.4, 0.5) is 0 Å². The summed E-state index contributed by atoms with van der Waals surface area (Å²) in [5.74, 6) is -0.0626. The number of halogens is 2. The number of benzene rings is 1. The number of rotatable bonds is 3. The third-order valence-corrected chi connectivity index (χ3v) is 4.01. The Kier molecular flexibility index (Phi) is 5.65. The molecule has 1 aromatic carbocycles. The maximum Gasteiger partial charge on any atom is 0.240 e. The molecule has 0 bridgehead atoms. The minimum absolute atomic E-state index is 0. The van der Waals surface area contributed by atoms with Gasteiger partial charge in [-0.05, 0) is 31.4 Å². The van der Waals surface area contributed by atoms with Crippen molar-refractivity contribution in [3.8, 4) is 0 Å². The van der Waals surface area contributed by atoms with Gasteiger partial charge in [-0.3, -0.25) is 4.79 Å². The fraction of sp³-hybridized carbons (Fsp3) is 0.500. The molecule has 0 heterocycles. The van der Waals surface area contributed by atoms with Gasteiger partial charge in [0.1, 0.15) is 0 Å². The number of amides is 1. The van der Waals surface area contributed by atoms with Crippen molar-refractivity contribution in [2.45, 2.75) is 44.2 Å². The minimum Gasteiger partial charge on any atom is -0.348 e. The summed E-state index contributed by atoms with van der Waals surface area (Å²) in [4.78, 5) is 12.2. The molecule has 3 nitrogen and oxygen atoms in total. The van der Waals surface area contributed by atoms with Gasteiger partial charge in [0, 0.05) is 5.02 Å². The van der Waals surface area contributed by atoms with Crippen LogP contribution >= 0.6 is 24.0 Å². The molecule has 106 valence electrons. The molecular weight excluding hydrogens is 283 g/mol. The molecule has 1 unspecified atom stereocenters. The van der Waals surface area contributed by atoms with Crippen molar-refractivity contribution in [1.29, 1.82) is 0 Å². The smallest absolute Gasteiger partial charge is 0.240 e. The van der Waals surface area contributed by atoms with E-state index in [1.165, 1.54) is 0 Å². The Bertz CT molecular complexity index is 445. The standard InChI is InChI=1S/C14H19ClN2O.ClH/c1-10(11-6-2-3-7-12(11)15)17-13(18)14(16)8-4-5-9-14;/h2-3,6-7,10H,4-5,8-9,16H2,1H3,(H,17,18);1H. The van der Waals surface area contributed by atoms with Crippen LogP contribution in [0.15, 0.2) is 24.3 Å². The van der Waals surface area contributed by atoms with E-state index in [-0.39, 0.29) is 24.4 Å². The summed E-state index contributed by atoms with van der Waals surface area (Å²) < 4.78 is 0. The van der Waals surface area contributed by atoms with E-state index >= 15 is 0 Å². The van der Waals surface area contributed by atoms with Crippen LogP contribution < -0.4 is 11.1 Å². The molecule has 1 amide bonds. The van der Waals surface area contributed by atoms with Crippen LogP contribution in [0.5, 0.6) is 0 Å². The lowest BCUT2D eigenvalue weighted by molar-refractivity contribution is -0.126. The van der Waals surface area contributed by atoms with E-state index in [1.54, 1.807) is 0 Å². The molecule has 1 fully saturated rings. The lowest BCUT2D eigenvalue weighted by Crippen LogP contribution is -2.52. The quantitative estimate of drug-likeness (QED) is 0.901. The first-order valence-corrected chi connectivity index (χ1v) is 6.75. The Labute approximate surface area is 125 Å². The highest BCUT2D eigenvalue weighted by Crippen LogP contribution is 2.29. The summed E-state index contributed by atoms with van der Waals surface area (Å²) in [7, 11) is 0. The van der Waals surface area contributed by atoms with Gasteiger partial charge in [0.2, 0.25) is 5.91 Å². The molecule has 1 aromatic rings. The molecule has 2 rings (SSSR count). The molecule has 1 saturated carbocycles. The highest BCUT2D eigenvalue weighted by molar-refractivity contribution is 6.31. The van der Waals surface area contributed by atoms with Gasteiger partial charge in [0.25, 0.3) is 0 Å². The molecule has 3 N–H and O–H groups in total. The lowest BCUT2D eigenvalue weighted by atomic mass is 9.97. The first-order chi connectivity index (χ1) is 8.53. The molecule has 0 saturated heterocycles. The first-order valence-electron chi connectivity index (χ1n) is 6.37. The van der Waals surface area contributed by atoms with Gasteiger partial charge in [-0.25, -0.2) is 0 Å². The second-order valence-electron chi connectivity index (χ2n) is 5.08. The second-order valence-corrected chi connectivity index (χ2v) is 5.49. The Morgan fingerprint density at radius 1 is 1.37 bits per heavy atom. The van der Waals surface area contributed by atoms with Crippen LogP contribution in [0.1, 0.15) is 44.2 Å². The summed E-state index contributed by atoms with van der Waals surface area (Å²) in [5, 5.41) is 3.64. The molecule has 1 aliphatic rings. The third kappa shape index (κ3) is 3.62. The van der Waals surface area contributed by atoms with E-state index in [0.717, 1.165) is 31.2 Å². The zero-order chi connectivity index (χ0) is 13.2. The summed E-state index contributed by atoms with van der Waals surface area (Å²) >= 11 is 6.11. The van der Waals surface area contributed by atoms with E-state index in [1.807, 2.05) is 31.2 Å². The fourth-order valence-corrected chi connectivity index (χ4v) is 2.78. The van der Waals surface area contributed by atoms with Crippen LogP contribution in [0.3, 0.4) is 0 Å². The van der Waals surface area contributed by atoms with E-state index in [9.17, 15) is 4.79 Å². The molecule has 0 radical (unpaired) electrons. The van der Waals surface area contributed by atoms with Gasteiger partial charge >= 0.3 is 0 Å². The molecular formula is C14H20Cl2N2O. The van der Waals surface area contributed by atoms with E-state index < -0.39 is 5.54 Å². The summed E-state index contributed by atoms with van der Waals surface area (Å²) in [6, 6.07) is 7.42. The second kappa shape index (κ2) is 6.60. The van der Waals surface area contributed by atoms with Crippen LogP contribution in [0, 0.1) is 0 Å². The zero-order valence-corrected chi connectivity index (χ0v) is 12.6. The minimum atomic E-state index is -0.685. The number of nitrogens with one attached hydrogen (secondary N) is 1. The number of hydrogen-bond donors (Lipinski definition) is 2. The number of nitrogens with two attached hydrogens (primary N) is 1. The van der Waals surface area contributed by atoms with Gasteiger partial charge in [-0.2, -0.15) is 0 Å². The molecule has 1 atom stereocenters. The molecule has 19 heavy (non-hydrogen) atoms. The number of hydrogen-bond acceptors (Lipinski definition) is 2. The Hall–Kier alpha value is -0.770.